The number of rotatable bonds is 3. The zero-order valence-electron chi connectivity index (χ0n) is 11.9. The summed E-state index contributed by atoms with van der Waals surface area (Å²) in [5.74, 6) is 6.25. The molecule has 0 amide bonds. The van der Waals surface area contributed by atoms with Crippen LogP contribution in [0.1, 0.15) is 44.4 Å². The van der Waals surface area contributed by atoms with Crippen LogP contribution in [-0.4, -0.2) is 7.05 Å². The van der Waals surface area contributed by atoms with Crippen molar-refractivity contribution < 1.29 is 4.39 Å². The first-order chi connectivity index (χ1) is 8.33. The van der Waals surface area contributed by atoms with Crippen molar-refractivity contribution in [2.24, 2.45) is 5.41 Å². The molecule has 0 saturated carbocycles. The van der Waals surface area contributed by atoms with Crippen molar-refractivity contribution in [1.82, 2.24) is 5.32 Å². The van der Waals surface area contributed by atoms with Crippen molar-refractivity contribution >= 4 is 0 Å². The molecule has 0 aromatic heterocycles. The third-order valence-electron chi connectivity index (χ3n) is 2.73. The molecule has 1 aromatic carbocycles. The zero-order valence-corrected chi connectivity index (χ0v) is 11.9. The fraction of sp³-hybridized carbons (Fsp3) is 0.500. The van der Waals surface area contributed by atoms with Crippen molar-refractivity contribution in [3.63, 3.8) is 0 Å². The highest BCUT2D eigenvalue weighted by Crippen LogP contribution is 2.21. The predicted molar refractivity (Wildman–Crippen MR) is 74.8 cm³/mol. The summed E-state index contributed by atoms with van der Waals surface area (Å²) in [5.41, 5.74) is 2.10. The van der Waals surface area contributed by atoms with E-state index in [0.717, 1.165) is 17.5 Å². The van der Waals surface area contributed by atoms with Crippen LogP contribution in [-0.2, 0) is 0 Å². The minimum absolute atomic E-state index is 0.0239. The maximum absolute atomic E-state index is 13.1. The molecule has 1 unspecified atom stereocenters. The molecule has 98 valence electrons. The maximum atomic E-state index is 13.1. The van der Waals surface area contributed by atoms with Gasteiger partial charge in [-0.1, -0.05) is 12.0 Å². The normalized spacial score (nSPS) is 12.8. The molecule has 1 N–H and O–H groups in total. The monoisotopic (exact) mass is 247 g/mol. The van der Waals surface area contributed by atoms with Crippen LogP contribution in [0, 0.1) is 30.0 Å². The standard InChI is InChI=1S/C16H22FN/c1-12-11-13(17)8-9-14(12)15(18-5)7-6-10-16(2,3)4/h8-9,11,15,18H,7H2,1-5H3. The van der Waals surface area contributed by atoms with E-state index in [1.807, 2.05) is 20.0 Å². The first-order valence-electron chi connectivity index (χ1n) is 6.27. The van der Waals surface area contributed by atoms with Crippen LogP contribution in [0.3, 0.4) is 0 Å². The second kappa shape index (κ2) is 6.02. The molecule has 0 aliphatic rings. The van der Waals surface area contributed by atoms with Crippen LogP contribution < -0.4 is 5.32 Å². The van der Waals surface area contributed by atoms with E-state index in [9.17, 15) is 4.39 Å². The second-order valence-electron chi connectivity index (χ2n) is 5.60. The Morgan fingerprint density at radius 2 is 2.00 bits per heavy atom. The highest BCUT2D eigenvalue weighted by Gasteiger charge is 2.11. The van der Waals surface area contributed by atoms with Gasteiger partial charge < -0.3 is 5.32 Å². The smallest absolute Gasteiger partial charge is 0.123 e. The molecule has 0 saturated heterocycles. The summed E-state index contributed by atoms with van der Waals surface area (Å²) in [6.07, 6.45) is 0.736. The van der Waals surface area contributed by atoms with Gasteiger partial charge in [0.1, 0.15) is 5.82 Å². The van der Waals surface area contributed by atoms with Crippen LogP contribution in [0.4, 0.5) is 4.39 Å². The van der Waals surface area contributed by atoms with Crippen molar-refractivity contribution in [3.8, 4) is 11.8 Å². The molecular formula is C16H22FN. The molecule has 0 aliphatic carbocycles. The largest absolute Gasteiger partial charge is 0.312 e. The molecule has 0 spiro atoms. The van der Waals surface area contributed by atoms with E-state index in [1.54, 1.807) is 6.07 Å². The van der Waals surface area contributed by atoms with E-state index >= 15 is 0 Å². The second-order valence-corrected chi connectivity index (χ2v) is 5.60. The van der Waals surface area contributed by atoms with Gasteiger partial charge in [-0.05, 0) is 58.0 Å². The fourth-order valence-electron chi connectivity index (χ4n) is 1.82. The minimum atomic E-state index is -0.188. The van der Waals surface area contributed by atoms with Crippen LogP contribution >= 0.6 is 0 Å². The van der Waals surface area contributed by atoms with Gasteiger partial charge >= 0.3 is 0 Å². The lowest BCUT2D eigenvalue weighted by Crippen LogP contribution is -2.17. The maximum Gasteiger partial charge on any atom is 0.123 e. The molecule has 18 heavy (non-hydrogen) atoms. The highest BCUT2D eigenvalue weighted by molar-refractivity contribution is 5.30. The number of benzene rings is 1. The molecule has 1 aromatic rings. The van der Waals surface area contributed by atoms with Gasteiger partial charge in [-0.2, -0.15) is 0 Å². The summed E-state index contributed by atoms with van der Waals surface area (Å²) in [4.78, 5) is 0. The average Bonchev–Trinajstić information content (AvgIpc) is 2.24. The molecular weight excluding hydrogens is 225 g/mol. The molecule has 0 radical (unpaired) electrons. The van der Waals surface area contributed by atoms with Gasteiger partial charge in [0, 0.05) is 17.9 Å². The SMILES string of the molecule is CNC(CC#CC(C)(C)C)c1ccc(F)cc1C. The molecule has 1 nitrogen and oxygen atoms in total. The van der Waals surface area contributed by atoms with Gasteiger partial charge in [0.25, 0.3) is 0 Å². The Hall–Kier alpha value is -1.33. The quantitative estimate of drug-likeness (QED) is 0.800. The third-order valence-corrected chi connectivity index (χ3v) is 2.73. The summed E-state index contributed by atoms with van der Waals surface area (Å²) in [7, 11) is 1.91. The van der Waals surface area contributed by atoms with Crippen molar-refractivity contribution in [3.05, 3.63) is 35.1 Å². The number of halogens is 1. The Labute approximate surface area is 110 Å². The molecule has 0 bridgehead atoms. The zero-order chi connectivity index (χ0) is 13.8. The van der Waals surface area contributed by atoms with Gasteiger partial charge in [-0.3, -0.25) is 0 Å². The number of hydrogen-bond acceptors (Lipinski definition) is 1. The Morgan fingerprint density at radius 3 is 2.50 bits per heavy atom. The number of nitrogens with one attached hydrogen (secondary N) is 1. The first kappa shape index (κ1) is 14.7. The Morgan fingerprint density at radius 1 is 1.33 bits per heavy atom. The highest BCUT2D eigenvalue weighted by atomic mass is 19.1. The van der Waals surface area contributed by atoms with E-state index in [-0.39, 0.29) is 17.3 Å². The van der Waals surface area contributed by atoms with Gasteiger partial charge in [0.05, 0.1) is 0 Å². The lowest BCUT2D eigenvalue weighted by Gasteiger charge is -2.16. The molecule has 2 heteroatoms. The van der Waals surface area contributed by atoms with Crippen molar-refractivity contribution in [2.45, 2.75) is 40.2 Å². The summed E-state index contributed by atoms with van der Waals surface area (Å²) in [6.45, 7) is 8.21. The van der Waals surface area contributed by atoms with Crippen LogP contribution in [0.5, 0.6) is 0 Å². The lowest BCUT2D eigenvalue weighted by molar-refractivity contribution is 0.565. The first-order valence-corrected chi connectivity index (χ1v) is 6.27. The van der Waals surface area contributed by atoms with E-state index in [4.69, 9.17) is 0 Å². The summed E-state index contributed by atoms with van der Waals surface area (Å²) in [6, 6.07) is 5.06. The molecule has 0 aliphatic heterocycles. The van der Waals surface area contributed by atoms with Crippen LogP contribution in [0.2, 0.25) is 0 Å². The molecule has 0 heterocycles. The van der Waals surface area contributed by atoms with Crippen LogP contribution in [0.25, 0.3) is 0 Å². The minimum Gasteiger partial charge on any atom is -0.312 e. The van der Waals surface area contributed by atoms with Crippen molar-refractivity contribution in [1.29, 1.82) is 0 Å². The van der Waals surface area contributed by atoms with Gasteiger partial charge in [-0.15, -0.1) is 5.92 Å². The molecule has 0 fully saturated rings. The van der Waals surface area contributed by atoms with E-state index < -0.39 is 0 Å². The van der Waals surface area contributed by atoms with Gasteiger partial charge in [-0.25, -0.2) is 4.39 Å². The molecule has 1 rings (SSSR count). The summed E-state index contributed by atoms with van der Waals surface area (Å²) < 4.78 is 13.1. The number of hydrogen-bond donors (Lipinski definition) is 1. The molecule has 1 atom stereocenters. The Kier molecular flexibility index (Phi) is 4.93. The van der Waals surface area contributed by atoms with Gasteiger partial charge in [0.2, 0.25) is 0 Å². The van der Waals surface area contributed by atoms with E-state index in [0.29, 0.717) is 0 Å². The number of aryl methyl sites for hydroxylation is 1. The lowest BCUT2D eigenvalue weighted by atomic mass is 9.95. The van der Waals surface area contributed by atoms with Gasteiger partial charge in [0.15, 0.2) is 0 Å². The summed E-state index contributed by atoms with van der Waals surface area (Å²) in [5, 5.41) is 3.24. The van der Waals surface area contributed by atoms with E-state index in [1.165, 1.54) is 6.07 Å². The fourth-order valence-corrected chi connectivity index (χ4v) is 1.82. The third kappa shape index (κ3) is 4.50. The Bertz CT molecular complexity index is 460. The van der Waals surface area contributed by atoms with Crippen molar-refractivity contribution in [2.75, 3.05) is 7.05 Å². The Balaban J connectivity index is 2.86. The topological polar surface area (TPSA) is 12.0 Å². The van der Waals surface area contributed by atoms with E-state index in [2.05, 4.69) is 37.9 Å². The summed E-state index contributed by atoms with van der Waals surface area (Å²) >= 11 is 0. The predicted octanol–water partition coefficient (Wildman–Crippen LogP) is 3.83. The van der Waals surface area contributed by atoms with Crippen LogP contribution in [0.15, 0.2) is 18.2 Å². The average molecular weight is 247 g/mol.